The molecule has 0 bridgehead atoms. The highest BCUT2D eigenvalue weighted by molar-refractivity contribution is 6.21. The Labute approximate surface area is 302 Å². The predicted octanol–water partition coefficient (Wildman–Crippen LogP) is 13.7. The summed E-state index contributed by atoms with van der Waals surface area (Å²) in [5.74, 6) is 0. The molecule has 1 heteroatoms. The van der Waals surface area contributed by atoms with Crippen LogP contribution in [-0.4, -0.2) is 0 Å². The lowest BCUT2D eigenvalue weighted by molar-refractivity contribution is 0.669. The SMILES string of the molecule is [2H]c1c([2H])c([2H])c(-c2c3c([2H])c([2H])c([2H])c([2H])c3c(-c3cccc(-c4ccc5oc6ccc(-c7ccc8ccccc8c7)cc6c5c4)c3)c3c([2H])c([2H])c([2H])c([2H])c23)c([2H])c1[2H]. The zero-order chi connectivity index (χ0) is 43.6. The summed E-state index contributed by atoms with van der Waals surface area (Å²) in [4.78, 5) is 0. The van der Waals surface area contributed by atoms with Crippen LogP contribution in [0.4, 0.5) is 0 Å². The maximum atomic E-state index is 9.29. The van der Waals surface area contributed by atoms with Gasteiger partial charge in [-0.2, -0.15) is 0 Å². The summed E-state index contributed by atoms with van der Waals surface area (Å²) in [6.07, 6.45) is 0. The predicted molar refractivity (Wildman–Crippen MR) is 208 cm³/mol. The van der Waals surface area contributed by atoms with E-state index >= 15 is 0 Å². The van der Waals surface area contributed by atoms with Gasteiger partial charge in [0.05, 0.1) is 17.8 Å². The van der Waals surface area contributed by atoms with Gasteiger partial charge in [0.25, 0.3) is 0 Å². The van der Waals surface area contributed by atoms with Crippen molar-refractivity contribution in [2.75, 3.05) is 0 Å². The molecule has 228 valence electrons. The topological polar surface area (TPSA) is 13.1 Å². The van der Waals surface area contributed by atoms with Crippen LogP contribution in [0, 0.1) is 0 Å². The highest BCUT2D eigenvalue weighted by Crippen LogP contribution is 2.44. The van der Waals surface area contributed by atoms with Gasteiger partial charge in [0.15, 0.2) is 0 Å². The van der Waals surface area contributed by atoms with Crippen molar-refractivity contribution in [2.24, 2.45) is 0 Å². The molecule has 0 aliphatic heterocycles. The first kappa shape index (κ1) is 17.6. The van der Waals surface area contributed by atoms with Crippen molar-refractivity contribution in [3.05, 3.63) is 182 Å². The van der Waals surface area contributed by atoms with Crippen molar-refractivity contribution in [1.29, 1.82) is 0 Å². The van der Waals surface area contributed by atoms with E-state index in [4.69, 9.17) is 16.8 Å². The molecule has 0 amide bonds. The monoisotopic (exact) mass is 635 g/mol. The maximum absolute atomic E-state index is 9.29. The molecule has 0 N–H and O–H groups in total. The number of hydrogen-bond donors (Lipinski definition) is 0. The fraction of sp³-hybridized carbons (Fsp3) is 0. The molecule has 0 fully saturated rings. The fourth-order valence-corrected chi connectivity index (χ4v) is 6.90. The first-order chi connectivity index (χ1) is 29.7. The molecule has 1 aromatic heterocycles. The molecule has 0 unspecified atom stereocenters. The van der Waals surface area contributed by atoms with Crippen LogP contribution in [0.15, 0.2) is 186 Å². The van der Waals surface area contributed by atoms with Crippen molar-refractivity contribution in [3.63, 3.8) is 0 Å². The van der Waals surface area contributed by atoms with Gasteiger partial charge in [-0.05, 0) is 113 Å². The second-order valence-corrected chi connectivity index (χ2v) is 11.9. The standard InChI is InChI=1S/C48H30O/c1-2-12-32(13-3-1)47-39-17-6-8-19-41(39)48(42-20-9-7-18-40(42)47)38-16-10-15-34(28-38)36-23-25-45-43(29-36)44-30-37(24-26-46(44)49-45)35-22-21-31-11-4-5-14-33(31)27-35/h1-30H/i1D,2D,3D,6D,7D,8D,9D,12D,13D,17D,18D,19D,20D. The van der Waals surface area contributed by atoms with Gasteiger partial charge in [0.1, 0.15) is 11.2 Å². The van der Waals surface area contributed by atoms with Crippen LogP contribution in [0.1, 0.15) is 17.8 Å². The summed E-state index contributed by atoms with van der Waals surface area (Å²) in [6.45, 7) is 0. The molecule has 0 saturated carbocycles. The third-order valence-corrected chi connectivity index (χ3v) is 9.16. The number of benzene rings is 9. The van der Waals surface area contributed by atoms with Gasteiger partial charge >= 0.3 is 0 Å². The molecule has 9 aromatic carbocycles. The van der Waals surface area contributed by atoms with Gasteiger partial charge < -0.3 is 4.42 Å². The first-order valence-corrected chi connectivity index (χ1v) is 15.8. The smallest absolute Gasteiger partial charge is 0.135 e. The van der Waals surface area contributed by atoms with E-state index in [9.17, 15) is 5.48 Å². The molecule has 0 radical (unpaired) electrons. The van der Waals surface area contributed by atoms with Crippen LogP contribution >= 0.6 is 0 Å². The van der Waals surface area contributed by atoms with E-state index in [1.807, 2.05) is 48.5 Å². The van der Waals surface area contributed by atoms with Crippen molar-refractivity contribution in [2.45, 2.75) is 0 Å². The van der Waals surface area contributed by atoms with Gasteiger partial charge in [0, 0.05) is 10.8 Å². The van der Waals surface area contributed by atoms with E-state index in [0.717, 1.165) is 38.2 Å². The van der Waals surface area contributed by atoms with Crippen molar-refractivity contribution in [1.82, 2.24) is 0 Å². The fourth-order valence-electron chi connectivity index (χ4n) is 6.90. The van der Waals surface area contributed by atoms with Crippen LogP contribution < -0.4 is 0 Å². The lowest BCUT2D eigenvalue weighted by Crippen LogP contribution is -1.91. The molecule has 0 aliphatic rings. The molecule has 49 heavy (non-hydrogen) atoms. The molecule has 0 aliphatic carbocycles. The molecule has 1 nitrogen and oxygen atoms in total. The molecule has 0 saturated heterocycles. The largest absolute Gasteiger partial charge is 0.456 e. The second-order valence-electron chi connectivity index (χ2n) is 11.9. The summed E-state index contributed by atoms with van der Waals surface area (Å²) in [7, 11) is 0. The van der Waals surface area contributed by atoms with Crippen LogP contribution in [0.5, 0.6) is 0 Å². The molecular weight excluding hydrogens is 593 g/mol. The molecule has 10 aromatic rings. The Morgan fingerprint density at radius 2 is 0.816 bits per heavy atom. The van der Waals surface area contributed by atoms with Gasteiger partial charge in [-0.25, -0.2) is 0 Å². The Morgan fingerprint density at radius 1 is 0.327 bits per heavy atom. The van der Waals surface area contributed by atoms with Crippen LogP contribution in [-0.2, 0) is 0 Å². The summed E-state index contributed by atoms with van der Waals surface area (Å²) >= 11 is 0. The van der Waals surface area contributed by atoms with Crippen molar-refractivity contribution < 1.29 is 22.2 Å². The number of hydrogen-bond acceptors (Lipinski definition) is 1. The zero-order valence-electron chi connectivity index (χ0n) is 38.7. The molecular formula is C48H30O. The van der Waals surface area contributed by atoms with E-state index in [2.05, 4.69) is 36.4 Å². The average molecular weight is 636 g/mol. The number of furan rings is 1. The minimum Gasteiger partial charge on any atom is -0.456 e. The molecule has 1 heterocycles. The second kappa shape index (κ2) is 11.1. The van der Waals surface area contributed by atoms with E-state index in [-0.39, 0.29) is 32.7 Å². The Bertz CT molecular complexity index is 3520. The lowest BCUT2D eigenvalue weighted by Gasteiger charge is -2.18. The van der Waals surface area contributed by atoms with E-state index in [1.54, 1.807) is 18.2 Å². The third kappa shape index (κ3) is 4.55. The minimum atomic E-state index is -0.715. The quantitative estimate of drug-likeness (QED) is 0.175. The van der Waals surface area contributed by atoms with Crippen LogP contribution in [0.25, 0.3) is 98.8 Å². The van der Waals surface area contributed by atoms with E-state index in [1.165, 1.54) is 0 Å². The normalized spacial score (nSPS) is 15.4. The van der Waals surface area contributed by atoms with Crippen molar-refractivity contribution >= 4 is 54.3 Å². The van der Waals surface area contributed by atoms with Gasteiger partial charge in [-0.1, -0.05) is 145 Å². The van der Waals surface area contributed by atoms with E-state index in [0.29, 0.717) is 22.3 Å². The van der Waals surface area contributed by atoms with Crippen LogP contribution in [0.2, 0.25) is 0 Å². The first-order valence-electron chi connectivity index (χ1n) is 22.3. The zero-order valence-corrected chi connectivity index (χ0v) is 25.7. The van der Waals surface area contributed by atoms with Crippen molar-refractivity contribution in [3.8, 4) is 44.5 Å². The highest BCUT2D eigenvalue weighted by atomic mass is 16.3. The summed E-state index contributed by atoms with van der Waals surface area (Å²) in [5.41, 5.74) is 4.55. The van der Waals surface area contributed by atoms with Gasteiger partial charge in [-0.3, -0.25) is 0 Å². The summed E-state index contributed by atoms with van der Waals surface area (Å²) in [6, 6.07) is 25.1. The Morgan fingerprint density at radius 3 is 1.45 bits per heavy atom. The van der Waals surface area contributed by atoms with Gasteiger partial charge in [0.2, 0.25) is 0 Å². The Kier molecular flexibility index (Phi) is 3.99. The minimum absolute atomic E-state index is 0.0711. The molecule has 10 rings (SSSR count). The highest BCUT2D eigenvalue weighted by Gasteiger charge is 2.17. The Balaban J connectivity index is 1.26. The third-order valence-electron chi connectivity index (χ3n) is 9.16. The summed E-state index contributed by atoms with van der Waals surface area (Å²) < 4.78 is 121. The number of fused-ring (bicyclic) bond motifs is 6. The number of rotatable bonds is 4. The lowest BCUT2D eigenvalue weighted by atomic mass is 9.85. The maximum Gasteiger partial charge on any atom is 0.135 e. The Hall–Kier alpha value is -6.44. The van der Waals surface area contributed by atoms with E-state index < -0.39 is 84.1 Å². The van der Waals surface area contributed by atoms with Gasteiger partial charge in [-0.15, -0.1) is 0 Å². The molecule has 0 atom stereocenters. The van der Waals surface area contributed by atoms with Crippen LogP contribution in [0.3, 0.4) is 0 Å². The average Bonchev–Trinajstić information content (AvgIpc) is 3.66. The molecule has 0 spiro atoms. The summed E-state index contributed by atoms with van der Waals surface area (Å²) in [5, 5.41) is 3.25.